The molecule has 4 aromatic rings. The molecule has 0 bridgehead atoms. The Balaban J connectivity index is 2.06. The molecule has 1 N–H and O–H groups in total. The molecule has 0 amide bonds. The minimum atomic E-state index is -1.30. The van der Waals surface area contributed by atoms with Crippen LogP contribution in [0.15, 0.2) is 48.7 Å². The van der Waals surface area contributed by atoms with Gasteiger partial charge in [0.2, 0.25) is 5.88 Å². The fourth-order valence-corrected chi connectivity index (χ4v) is 3.81. The Hall–Kier alpha value is -3.66. The van der Waals surface area contributed by atoms with E-state index in [2.05, 4.69) is 19.7 Å². The zero-order valence-corrected chi connectivity index (χ0v) is 19.0. The Morgan fingerprint density at radius 2 is 1.78 bits per heavy atom. The van der Waals surface area contributed by atoms with Crippen molar-refractivity contribution in [1.82, 2.24) is 19.5 Å². The SMILES string of the molecule is CCOc1cccc(-c2cc3ncc(NS(C)=O)nc3n2-c2c(OC)cccc2OC)n1. The second kappa shape index (κ2) is 9.23. The first-order chi connectivity index (χ1) is 15.5. The molecule has 0 spiro atoms. The molecular weight excluding hydrogens is 430 g/mol. The van der Waals surface area contributed by atoms with Gasteiger partial charge in [-0.15, -0.1) is 0 Å². The molecule has 0 aliphatic carbocycles. The quantitative estimate of drug-likeness (QED) is 0.435. The van der Waals surface area contributed by atoms with E-state index in [1.807, 2.05) is 47.9 Å². The Kier molecular flexibility index (Phi) is 6.22. The highest BCUT2D eigenvalue weighted by atomic mass is 32.2. The molecule has 3 heterocycles. The number of nitrogens with zero attached hydrogens (tertiary/aromatic N) is 4. The molecule has 1 unspecified atom stereocenters. The van der Waals surface area contributed by atoms with E-state index < -0.39 is 11.0 Å². The van der Waals surface area contributed by atoms with Crippen molar-refractivity contribution >= 4 is 28.0 Å². The molecule has 0 radical (unpaired) electrons. The van der Waals surface area contributed by atoms with E-state index >= 15 is 0 Å². The number of aromatic nitrogens is 4. The van der Waals surface area contributed by atoms with Gasteiger partial charge in [0.1, 0.15) is 33.7 Å². The highest BCUT2D eigenvalue weighted by molar-refractivity contribution is 7.85. The Bertz CT molecular complexity index is 1270. The number of benzene rings is 1. The van der Waals surface area contributed by atoms with E-state index in [1.165, 1.54) is 6.26 Å². The van der Waals surface area contributed by atoms with Gasteiger partial charge >= 0.3 is 0 Å². The van der Waals surface area contributed by atoms with Crippen molar-refractivity contribution in [3.8, 4) is 34.5 Å². The van der Waals surface area contributed by atoms with Crippen LogP contribution < -0.4 is 18.9 Å². The van der Waals surface area contributed by atoms with Gasteiger partial charge in [0.15, 0.2) is 11.5 Å². The number of fused-ring (bicyclic) bond motifs is 1. The number of pyridine rings is 1. The third-order valence-electron chi connectivity index (χ3n) is 4.66. The summed E-state index contributed by atoms with van der Waals surface area (Å²) in [5.74, 6) is 2.07. The van der Waals surface area contributed by atoms with Crippen molar-refractivity contribution in [1.29, 1.82) is 0 Å². The summed E-state index contributed by atoms with van der Waals surface area (Å²) >= 11 is 0. The summed E-state index contributed by atoms with van der Waals surface area (Å²) in [4.78, 5) is 13.8. The number of methoxy groups -OCH3 is 2. The van der Waals surface area contributed by atoms with Crippen LogP contribution in [0, 0.1) is 0 Å². The van der Waals surface area contributed by atoms with Gasteiger partial charge in [-0.05, 0) is 31.2 Å². The maximum absolute atomic E-state index is 11.7. The number of anilines is 1. The van der Waals surface area contributed by atoms with Gasteiger partial charge in [0, 0.05) is 12.3 Å². The van der Waals surface area contributed by atoms with Crippen molar-refractivity contribution in [3.63, 3.8) is 0 Å². The predicted octanol–water partition coefficient (Wildman–Crippen LogP) is 3.60. The lowest BCUT2D eigenvalue weighted by molar-refractivity contribution is 0.327. The average Bonchev–Trinajstić information content (AvgIpc) is 3.17. The van der Waals surface area contributed by atoms with E-state index in [0.717, 1.165) is 5.69 Å². The fraction of sp³-hybridized carbons (Fsp3) is 0.227. The van der Waals surface area contributed by atoms with Gasteiger partial charge in [-0.3, -0.25) is 9.29 Å². The van der Waals surface area contributed by atoms with E-state index in [4.69, 9.17) is 14.2 Å². The third kappa shape index (κ3) is 4.09. The van der Waals surface area contributed by atoms with Crippen LogP contribution in [0.25, 0.3) is 28.2 Å². The third-order valence-corrected chi connectivity index (χ3v) is 5.16. The van der Waals surface area contributed by atoms with Gasteiger partial charge in [-0.25, -0.2) is 19.2 Å². The first-order valence-electron chi connectivity index (χ1n) is 9.85. The van der Waals surface area contributed by atoms with E-state index in [-0.39, 0.29) is 0 Å². The van der Waals surface area contributed by atoms with Crippen molar-refractivity contribution in [2.24, 2.45) is 0 Å². The topological polar surface area (TPSA) is 100 Å². The standard InChI is InChI=1S/C22H23N5O4S/c1-5-31-20-11-6-8-14(24-20)16-12-15-22(25-19(13-23-15)26-32(4)28)27(16)21-17(29-2)9-7-10-18(21)30-3/h6-13H,5H2,1-4H3,(H,25,26). The fourth-order valence-electron chi connectivity index (χ4n) is 3.41. The Labute approximate surface area is 188 Å². The maximum atomic E-state index is 11.7. The summed E-state index contributed by atoms with van der Waals surface area (Å²) in [7, 11) is 1.89. The van der Waals surface area contributed by atoms with Crippen LogP contribution in [0.4, 0.5) is 5.82 Å². The number of para-hydroxylation sites is 1. The molecule has 9 nitrogen and oxygen atoms in total. The second-order valence-electron chi connectivity index (χ2n) is 6.69. The van der Waals surface area contributed by atoms with Crippen LogP contribution in [0.5, 0.6) is 17.4 Å². The second-order valence-corrected chi connectivity index (χ2v) is 7.80. The molecule has 0 saturated carbocycles. The highest BCUT2D eigenvalue weighted by Crippen LogP contribution is 2.39. The molecule has 0 saturated heterocycles. The Morgan fingerprint density at radius 1 is 1.06 bits per heavy atom. The first kappa shape index (κ1) is 21.6. The lowest BCUT2D eigenvalue weighted by Crippen LogP contribution is -2.07. The molecular formula is C22H23N5O4S. The molecule has 4 rings (SSSR count). The van der Waals surface area contributed by atoms with Crippen LogP contribution in [0.3, 0.4) is 0 Å². The summed E-state index contributed by atoms with van der Waals surface area (Å²) in [5.41, 5.74) is 3.19. The van der Waals surface area contributed by atoms with Crippen molar-refractivity contribution in [2.45, 2.75) is 6.92 Å². The molecule has 10 heteroatoms. The first-order valence-corrected chi connectivity index (χ1v) is 11.4. The van der Waals surface area contributed by atoms with Crippen LogP contribution in [0.1, 0.15) is 6.92 Å². The summed E-state index contributed by atoms with van der Waals surface area (Å²) in [6, 6.07) is 13.0. The van der Waals surface area contributed by atoms with Crippen LogP contribution >= 0.6 is 0 Å². The van der Waals surface area contributed by atoms with E-state index in [9.17, 15) is 4.21 Å². The number of rotatable bonds is 8. The molecule has 3 aromatic heterocycles. The average molecular weight is 454 g/mol. The smallest absolute Gasteiger partial charge is 0.213 e. The van der Waals surface area contributed by atoms with Crippen molar-refractivity contribution in [2.75, 3.05) is 31.8 Å². The van der Waals surface area contributed by atoms with E-state index in [0.29, 0.717) is 52.3 Å². The Morgan fingerprint density at radius 3 is 2.44 bits per heavy atom. The monoisotopic (exact) mass is 453 g/mol. The molecule has 0 aliphatic rings. The van der Waals surface area contributed by atoms with Gasteiger partial charge in [-0.1, -0.05) is 12.1 Å². The van der Waals surface area contributed by atoms with Crippen LogP contribution in [-0.2, 0) is 11.0 Å². The number of ether oxygens (including phenoxy) is 3. The summed E-state index contributed by atoms with van der Waals surface area (Å²) < 4.78 is 33.3. The van der Waals surface area contributed by atoms with E-state index in [1.54, 1.807) is 26.5 Å². The largest absolute Gasteiger partial charge is 0.494 e. The van der Waals surface area contributed by atoms with Crippen molar-refractivity contribution < 1.29 is 18.4 Å². The molecule has 1 aromatic carbocycles. The number of hydrogen-bond donors (Lipinski definition) is 1. The summed E-state index contributed by atoms with van der Waals surface area (Å²) in [6.07, 6.45) is 3.07. The lowest BCUT2D eigenvalue weighted by Gasteiger charge is -2.17. The summed E-state index contributed by atoms with van der Waals surface area (Å²) in [6.45, 7) is 2.41. The van der Waals surface area contributed by atoms with Gasteiger partial charge in [0.25, 0.3) is 0 Å². The molecule has 1 atom stereocenters. The van der Waals surface area contributed by atoms with Crippen LogP contribution in [-0.4, -0.2) is 50.8 Å². The van der Waals surface area contributed by atoms with Gasteiger partial charge in [0.05, 0.1) is 38.4 Å². The molecule has 166 valence electrons. The van der Waals surface area contributed by atoms with Crippen molar-refractivity contribution in [3.05, 3.63) is 48.7 Å². The minimum absolute atomic E-state index is 0.383. The number of nitrogens with one attached hydrogen (secondary N) is 1. The molecule has 32 heavy (non-hydrogen) atoms. The zero-order chi connectivity index (χ0) is 22.7. The highest BCUT2D eigenvalue weighted by Gasteiger charge is 2.22. The number of hydrogen-bond acceptors (Lipinski definition) is 7. The summed E-state index contributed by atoms with van der Waals surface area (Å²) in [5, 5.41) is 0. The predicted molar refractivity (Wildman–Crippen MR) is 124 cm³/mol. The van der Waals surface area contributed by atoms with Gasteiger partial charge in [-0.2, -0.15) is 0 Å². The maximum Gasteiger partial charge on any atom is 0.213 e. The molecule has 0 fully saturated rings. The minimum Gasteiger partial charge on any atom is -0.494 e. The molecule has 0 aliphatic heterocycles. The lowest BCUT2D eigenvalue weighted by atomic mass is 10.2. The zero-order valence-electron chi connectivity index (χ0n) is 18.2. The van der Waals surface area contributed by atoms with Crippen LogP contribution in [0.2, 0.25) is 0 Å². The van der Waals surface area contributed by atoms with Gasteiger partial charge < -0.3 is 14.2 Å². The normalized spacial score (nSPS) is 11.9.